The summed E-state index contributed by atoms with van der Waals surface area (Å²) in [6.07, 6.45) is 0. The van der Waals surface area contributed by atoms with Gasteiger partial charge in [-0.2, -0.15) is 0 Å². The van der Waals surface area contributed by atoms with Crippen LogP contribution < -0.4 is 14.8 Å². The topological polar surface area (TPSA) is 47.6 Å². The summed E-state index contributed by atoms with van der Waals surface area (Å²) < 4.78 is 10.9. The van der Waals surface area contributed by atoms with E-state index >= 15 is 0 Å². The fraction of sp³-hybridized carbons (Fsp3) is 0.208. The predicted molar refractivity (Wildman–Crippen MR) is 118 cm³/mol. The van der Waals surface area contributed by atoms with E-state index < -0.39 is 0 Å². The Hall–Kier alpha value is -2.92. The molecular weight excluding hydrogens is 382 g/mol. The van der Waals surface area contributed by atoms with E-state index in [0.717, 1.165) is 17.3 Å². The number of methoxy groups -OCH3 is 1. The molecule has 1 atom stereocenters. The zero-order valence-electron chi connectivity index (χ0n) is 16.6. The molecule has 29 heavy (non-hydrogen) atoms. The molecule has 0 aliphatic heterocycles. The van der Waals surface area contributed by atoms with E-state index in [1.54, 1.807) is 18.9 Å². The number of thioether (sulfide) groups is 1. The number of carbonyl (C=O) groups is 1. The molecule has 0 saturated heterocycles. The lowest BCUT2D eigenvalue weighted by atomic mass is 10.1. The van der Waals surface area contributed by atoms with Crippen LogP contribution in [0.15, 0.2) is 83.8 Å². The number of rotatable bonds is 9. The van der Waals surface area contributed by atoms with Crippen LogP contribution in [0.1, 0.15) is 22.8 Å². The Morgan fingerprint density at radius 1 is 0.931 bits per heavy atom. The van der Waals surface area contributed by atoms with Crippen LogP contribution in [-0.2, 0) is 5.75 Å². The maximum Gasteiger partial charge on any atom is 0.251 e. The highest BCUT2D eigenvalue weighted by Crippen LogP contribution is 2.22. The molecule has 0 aromatic heterocycles. The smallest absolute Gasteiger partial charge is 0.251 e. The third-order valence-corrected chi connectivity index (χ3v) is 5.38. The van der Waals surface area contributed by atoms with Gasteiger partial charge in [0.05, 0.1) is 13.2 Å². The van der Waals surface area contributed by atoms with Gasteiger partial charge in [0.25, 0.3) is 5.91 Å². The first-order valence-corrected chi connectivity index (χ1v) is 10.5. The maximum atomic E-state index is 12.5. The summed E-state index contributed by atoms with van der Waals surface area (Å²) in [4.78, 5) is 13.7. The molecule has 0 spiro atoms. The van der Waals surface area contributed by atoms with Gasteiger partial charge in [0, 0.05) is 16.2 Å². The summed E-state index contributed by atoms with van der Waals surface area (Å²) >= 11 is 1.78. The lowest BCUT2D eigenvalue weighted by Crippen LogP contribution is -2.36. The highest BCUT2D eigenvalue weighted by molar-refractivity contribution is 7.98. The molecule has 0 radical (unpaired) electrons. The predicted octanol–water partition coefficient (Wildman–Crippen LogP) is 5.18. The quantitative estimate of drug-likeness (QED) is 0.496. The summed E-state index contributed by atoms with van der Waals surface area (Å²) in [5, 5.41) is 2.97. The van der Waals surface area contributed by atoms with E-state index in [4.69, 9.17) is 9.47 Å². The number of hydrogen-bond acceptors (Lipinski definition) is 4. The Morgan fingerprint density at radius 3 is 2.24 bits per heavy atom. The molecule has 0 fully saturated rings. The largest absolute Gasteiger partial charge is 0.497 e. The number of amides is 1. The molecular formula is C24H25NO3S. The van der Waals surface area contributed by atoms with Crippen molar-refractivity contribution >= 4 is 17.7 Å². The zero-order valence-corrected chi connectivity index (χ0v) is 17.4. The van der Waals surface area contributed by atoms with Gasteiger partial charge in [-0.1, -0.05) is 30.3 Å². The molecule has 0 aliphatic rings. The SMILES string of the molecule is COc1ccc(OCC(C)NC(=O)c2ccc(CSc3ccccc3)cc2)cc1. The average molecular weight is 408 g/mol. The zero-order chi connectivity index (χ0) is 20.5. The Bertz CT molecular complexity index is 896. The van der Waals surface area contributed by atoms with Crippen molar-refractivity contribution < 1.29 is 14.3 Å². The minimum atomic E-state index is -0.113. The Kier molecular flexibility index (Phi) is 7.59. The van der Waals surface area contributed by atoms with Crippen LogP contribution >= 0.6 is 11.8 Å². The van der Waals surface area contributed by atoms with Crippen LogP contribution in [0.2, 0.25) is 0 Å². The van der Waals surface area contributed by atoms with Gasteiger partial charge in [0.1, 0.15) is 18.1 Å². The van der Waals surface area contributed by atoms with Gasteiger partial charge < -0.3 is 14.8 Å². The van der Waals surface area contributed by atoms with Crippen LogP contribution in [-0.4, -0.2) is 25.7 Å². The minimum absolute atomic E-state index is 0.0990. The summed E-state index contributed by atoms with van der Waals surface area (Å²) in [6.45, 7) is 2.32. The summed E-state index contributed by atoms with van der Waals surface area (Å²) in [7, 11) is 1.63. The lowest BCUT2D eigenvalue weighted by Gasteiger charge is -2.15. The van der Waals surface area contributed by atoms with Gasteiger partial charge in [-0.05, 0) is 61.0 Å². The Morgan fingerprint density at radius 2 is 1.59 bits per heavy atom. The second kappa shape index (κ2) is 10.6. The monoisotopic (exact) mass is 407 g/mol. The van der Waals surface area contributed by atoms with E-state index in [1.165, 1.54) is 10.5 Å². The van der Waals surface area contributed by atoms with E-state index in [0.29, 0.717) is 12.2 Å². The van der Waals surface area contributed by atoms with Crippen molar-refractivity contribution in [2.24, 2.45) is 0 Å². The third kappa shape index (κ3) is 6.57. The molecule has 5 heteroatoms. The van der Waals surface area contributed by atoms with Crippen molar-refractivity contribution in [3.63, 3.8) is 0 Å². The molecule has 4 nitrogen and oxygen atoms in total. The van der Waals surface area contributed by atoms with Crippen molar-refractivity contribution in [3.8, 4) is 11.5 Å². The third-order valence-electron chi connectivity index (χ3n) is 4.30. The van der Waals surface area contributed by atoms with Crippen LogP contribution in [0.3, 0.4) is 0 Å². The van der Waals surface area contributed by atoms with E-state index in [2.05, 4.69) is 17.4 Å². The number of hydrogen-bond donors (Lipinski definition) is 1. The fourth-order valence-electron chi connectivity index (χ4n) is 2.68. The summed E-state index contributed by atoms with van der Waals surface area (Å²) in [6, 6.07) is 25.3. The first-order valence-electron chi connectivity index (χ1n) is 9.48. The summed E-state index contributed by atoms with van der Waals surface area (Å²) in [5.41, 5.74) is 1.83. The molecule has 3 aromatic rings. The second-order valence-corrected chi connectivity index (χ2v) is 7.71. The van der Waals surface area contributed by atoms with Crippen molar-refractivity contribution in [2.75, 3.05) is 13.7 Å². The molecule has 1 N–H and O–H groups in total. The first kappa shape index (κ1) is 20.8. The molecule has 0 bridgehead atoms. The van der Waals surface area contributed by atoms with E-state index in [1.807, 2.05) is 73.7 Å². The number of ether oxygens (including phenoxy) is 2. The van der Waals surface area contributed by atoms with Gasteiger partial charge in [-0.3, -0.25) is 4.79 Å². The van der Waals surface area contributed by atoms with Crippen molar-refractivity contribution in [3.05, 3.63) is 90.0 Å². The van der Waals surface area contributed by atoms with Crippen LogP contribution in [0.5, 0.6) is 11.5 Å². The second-order valence-electron chi connectivity index (χ2n) is 6.66. The van der Waals surface area contributed by atoms with Crippen molar-refractivity contribution in [1.29, 1.82) is 0 Å². The van der Waals surface area contributed by atoms with Gasteiger partial charge in [-0.25, -0.2) is 0 Å². The molecule has 1 unspecified atom stereocenters. The Balaban J connectivity index is 1.45. The number of nitrogens with one attached hydrogen (secondary N) is 1. The number of carbonyl (C=O) groups excluding carboxylic acids is 1. The van der Waals surface area contributed by atoms with E-state index in [9.17, 15) is 4.79 Å². The molecule has 3 rings (SSSR count). The highest BCUT2D eigenvalue weighted by Gasteiger charge is 2.10. The van der Waals surface area contributed by atoms with Crippen LogP contribution in [0, 0.1) is 0 Å². The molecule has 0 aliphatic carbocycles. The Labute approximate surface area is 176 Å². The minimum Gasteiger partial charge on any atom is -0.497 e. The van der Waals surface area contributed by atoms with Gasteiger partial charge in [0.15, 0.2) is 0 Å². The molecule has 150 valence electrons. The van der Waals surface area contributed by atoms with Crippen LogP contribution in [0.4, 0.5) is 0 Å². The standard InChI is InChI=1S/C24H25NO3S/c1-18(16-28-22-14-12-21(27-2)13-15-22)25-24(26)20-10-8-19(9-11-20)17-29-23-6-4-3-5-7-23/h3-15,18H,16-17H2,1-2H3,(H,25,26). The highest BCUT2D eigenvalue weighted by atomic mass is 32.2. The van der Waals surface area contributed by atoms with Crippen LogP contribution in [0.25, 0.3) is 0 Å². The van der Waals surface area contributed by atoms with E-state index in [-0.39, 0.29) is 11.9 Å². The van der Waals surface area contributed by atoms with Crippen molar-refractivity contribution in [2.45, 2.75) is 23.6 Å². The maximum absolute atomic E-state index is 12.5. The molecule has 3 aromatic carbocycles. The average Bonchev–Trinajstić information content (AvgIpc) is 2.77. The van der Waals surface area contributed by atoms with Gasteiger partial charge >= 0.3 is 0 Å². The summed E-state index contributed by atoms with van der Waals surface area (Å²) in [5.74, 6) is 2.30. The number of benzene rings is 3. The molecule has 0 saturated carbocycles. The van der Waals surface area contributed by atoms with Gasteiger partial charge in [-0.15, -0.1) is 11.8 Å². The lowest BCUT2D eigenvalue weighted by molar-refractivity contribution is 0.0926. The van der Waals surface area contributed by atoms with Gasteiger partial charge in [0.2, 0.25) is 0 Å². The molecule has 0 heterocycles. The fourth-order valence-corrected chi connectivity index (χ4v) is 3.55. The van der Waals surface area contributed by atoms with Crippen molar-refractivity contribution in [1.82, 2.24) is 5.32 Å². The normalized spacial score (nSPS) is 11.5. The first-order chi connectivity index (χ1) is 14.1. The molecule has 1 amide bonds.